The third-order valence-corrected chi connectivity index (χ3v) is 5.45. The first-order valence-electron chi connectivity index (χ1n) is 7.86. The van der Waals surface area contributed by atoms with Crippen LogP contribution in [-0.4, -0.2) is 20.7 Å². The molecule has 0 bridgehead atoms. The number of hydrogen-bond acceptors (Lipinski definition) is 5. The molecule has 2 heterocycles. The van der Waals surface area contributed by atoms with E-state index in [4.69, 9.17) is 0 Å². The van der Waals surface area contributed by atoms with Crippen LogP contribution in [0.3, 0.4) is 0 Å². The van der Waals surface area contributed by atoms with Gasteiger partial charge in [0, 0.05) is 29.9 Å². The molecular formula is C17H16N4O2S. The van der Waals surface area contributed by atoms with Gasteiger partial charge in [-0.15, -0.1) is 10.2 Å². The van der Waals surface area contributed by atoms with Gasteiger partial charge in [-0.3, -0.25) is 14.9 Å². The highest BCUT2D eigenvalue weighted by molar-refractivity contribution is 7.15. The van der Waals surface area contributed by atoms with Gasteiger partial charge in [0.1, 0.15) is 5.01 Å². The zero-order valence-electron chi connectivity index (χ0n) is 13.2. The second-order valence-electron chi connectivity index (χ2n) is 6.03. The molecule has 0 saturated heterocycles. The normalized spacial score (nSPS) is 14.5. The molecule has 1 saturated carbocycles. The van der Waals surface area contributed by atoms with Crippen molar-refractivity contribution in [3.63, 3.8) is 0 Å². The Morgan fingerprint density at radius 1 is 1.25 bits per heavy atom. The maximum Gasteiger partial charge on any atom is 0.259 e. The SMILES string of the molecule is Cn1cc(C(=O)Nc2nnc(C3CCC3)s2)c2ccccc2c1=O. The van der Waals surface area contributed by atoms with Crippen molar-refractivity contribution < 1.29 is 4.79 Å². The van der Waals surface area contributed by atoms with Gasteiger partial charge in [-0.25, -0.2) is 0 Å². The van der Waals surface area contributed by atoms with Crippen molar-refractivity contribution in [3.8, 4) is 0 Å². The number of amides is 1. The Morgan fingerprint density at radius 2 is 2.00 bits per heavy atom. The average molecular weight is 340 g/mol. The zero-order chi connectivity index (χ0) is 16.7. The summed E-state index contributed by atoms with van der Waals surface area (Å²) in [6, 6.07) is 7.12. The van der Waals surface area contributed by atoms with E-state index in [1.54, 1.807) is 31.4 Å². The van der Waals surface area contributed by atoms with Gasteiger partial charge in [0.25, 0.3) is 11.5 Å². The third kappa shape index (κ3) is 2.50. The standard InChI is InChI=1S/C17H16N4O2S/c1-21-9-13(11-7-2-3-8-12(11)16(21)23)14(22)18-17-20-19-15(24-17)10-5-4-6-10/h2-3,7-10H,4-6H2,1H3,(H,18,20,22). The maximum atomic E-state index is 12.7. The monoisotopic (exact) mass is 340 g/mol. The molecule has 1 amide bonds. The molecule has 6 nitrogen and oxygen atoms in total. The quantitative estimate of drug-likeness (QED) is 0.795. The highest BCUT2D eigenvalue weighted by atomic mass is 32.1. The Hall–Kier alpha value is -2.54. The van der Waals surface area contributed by atoms with E-state index in [-0.39, 0.29) is 11.5 Å². The van der Waals surface area contributed by atoms with E-state index in [0.29, 0.717) is 27.4 Å². The number of hydrogen-bond donors (Lipinski definition) is 1. The lowest BCUT2D eigenvalue weighted by Gasteiger charge is -2.21. The number of rotatable bonds is 3. The average Bonchev–Trinajstić information content (AvgIpc) is 2.97. The molecular weight excluding hydrogens is 324 g/mol. The van der Waals surface area contributed by atoms with E-state index in [0.717, 1.165) is 17.8 Å². The van der Waals surface area contributed by atoms with Crippen LogP contribution in [0.1, 0.15) is 40.5 Å². The van der Waals surface area contributed by atoms with Gasteiger partial charge in [-0.05, 0) is 18.9 Å². The van der Waals surface area contributed by atoms with Gasteiger partial charge in [0.05, 0.1) is 5.56 Å². The Bertz CT molecular complexity index is 988. The number of pyridine rings is 1. The molecule has 122 valence electrons. The smallest absolute Gasteiger partial charge is 0.259 e. The summed E-state index contributed by atoms with van der Waals surface area (Å²) in [5.41, 5.74) is 0.332. The van der Waals surface area contributed by atoms with Crippen LogP contribution < -0.4 is 10.9 Å². The second-order valence-corrected chi connectivity index (χ2v) is 7.04. The second kappa shape index (κ2) is 5.83. The van der Waals surface area contributed by atoms with Gasteiger partial charge in [0.2, 0.25) is 5.13 Å². The molecule has 1 aliphatic rings. The van der Waals surface area contributed by atoms with Crippen LogP contribution >= 0.6 is 11.3 Å². The van der Waals surface area contributed by atoms with E-state index in [9.17, 15) is 9.59 Å². The van der Waals surface area contributed by atoms with Gasteiger partial charge in [0.15, 0.2) is 0 Å². The van der Waals surface area contributed by atoms with Gasteiger partial charge in [-0.2, -0.15) is 0 Å². The number of benzene rings is 1. The number of aryl methyl sites for hydroxylation is 1. The van der Waals surface area contributed by atoms with Crippen LogP contribution in [0.5, 0.6) is 0 Å². The summed E-state index contributed by atoms with van der Waals surface area (Å²) in [6.45, 7) is 0. The number of nitrogens with zero attached hydrogens (tertiary/aromatic N) is 3. The Labute approximate surface area is 142 Å². The van der Waals surface area contributed by atoms with Crippen molar-refractivity contribution >= 4 is 33.1 Å². The van der Waals surface area contributed by atoms with Crippen molar-refractivity contribution in [2.24, 2.45) is 7.05 Å². The fourth-order valence-electron chi connectivity index (χ4n) is 2.87. The molecule has 1 aliphatic carbocycles. The number of anilines is 1. The van der Waals surface area contributed by atoms with Crippen LogP contribution in [0.25, 0.3) is 10.8 Å². The summed E-state index contributed by atoms with van der Waals surface area (Å²) < 4.78 is 1.43. The van der Waals surface area contributed by atoms with Gasteiger partial charge < -0.3 is 4.57 Å². The summed E-state index contributed by atoms with van der Waals surface area (Å²) in [4.78, 5) is 24.9. The molecule has 1 N–H and O–H groups in total. The zero-order valence-corrected chi connectivity index (χ0v) is 14.0. The van der Waals surface area contributed by atoms with Gasteiger partial charge >= 0.3 is 0 Å². The fourth-order valence-corrected chi connectivity index (χ4v) is 3.77. The largest absolute Gasteiger partial charge is 0.317 e. The summed E-state index contributed by atoms with van der Waals surface area (Å²) in [7, 11) is 1.64. The Kier molecular flexibility index (Phi) is 3.65. The first-order chi connectivity index (χ1) is 11.6. The van der Waals surface area contributed by atoms with Crippen molar-refractivity contribution in [3.05, 3.63) is 51.4 Å². The van der Waals surface area contributed by atoms with E-state index in [2.05, 4.69) is 15.5 Å². The third-order valence-electron chi connectivity index (χ3n) is 4.45. The molecule has 4 rings (SSSR count). The molecule has 7 heteroatoms. The van der Waals surface area contributed by atoms with Crippen LogP contribution in [0, 0.1) is 0 Å². The molecule has 0 atom stereocenters. The van der Waals surface area contributed by atoms with Crippen LogP contribution in [0.15, 0.2) is 35.3 Å². The lowest BCUT2D eigenvalue weighted by molar-refractivity contribution is 0.102. The number of nitrogens with one attached hydrogen (secondary N) is 1. The van der Waals surface area contributed by atoms with Gasteiger partial charge in [-0.1, -0.05) is 36.0 Å². The number of aromatic nitrogens is 3. The van der Waals surface area contributed by atoms with Crippen LogP contribution in [0.2, 0.25) is 0 Å². The summed E-state index contributed by atoms with van der Waals surface area (Å²) in [6.07, 6.45) is 5.09. The molecule has 0 unspecified atom stereocenters. The predicted octanol–water partition coefficient (Wildman–Crippen LogP) is 2.91. The highest BCUT2D eigenvalue weighted by Gasteiger charge is 2.24. The summed E-state index contributed by atoms with van der Waals surface area (Å²) in [5.74, 6) is 0.213. The number of fused-ring (bicyclic) bond motifs is 1. The molecule has 0 aliphatic heterocycles. The van der Waals surface area contributed by atoms with Crippen LogP contribution in [0.4, 0.5) is 5.13 Å². The lowest BCUT2D eigenvalue weighted by Crippen LogP contribution is -2.21. The highest BCUT2D eigenvalue weighted by Crippen LogP contribution is 2.38. The topological polar surface area (TPSA) is 76.9 Å². The van der Waals surface area contributed by atoms with Crippen molar-refractivity contribution in [1.29, 1.82) is 0 Å². The first kappa shape index (κ1) is 15.0. The minimum atomic E-state index is -0.280. The molecule has 24 heavy (non-hydrogen) atoms. The number of carbonyl (C=O) groups excluding carboxylic acids is 1. The lowest BCUT2D eigenvalue weighted by atomic mass is 9.86. The maximum absolute atomic E-state index is 12.7. The van der Waals surface area contributed by atoms with Crippen molar-refractivity contribution in [2.75, 3.05) is 5.32 Å². The van der Waals surface area contributed by atoms with E-state index in [1.807, 2.05) is 6.07 Å². The molecule has 2 aromatic heterocycles. The molecule has 1 fully saturated rings. The summed E-state index contributed by atoms with van der Waals surface area (Å²) >= 11 is 1.43. The van der Waals surface area contributed by atoms with Crippen LogP contribution in [-0.2, 0) is 7.05 Å². The van der Waals surface area contributed by atoms with E-state index >= 15 is 0 Å². The molecule has 3 aromatic rings. The predicted molar refractivity (Wildman–Crippen MR) is 93.6 cm³/mol. The minimum absolute atomic E-state index is 0.120. The van der Waals surface area contributed by atoms with Crippen molar-refractivity contribution in [1.82, 2.24) is 14.8 Å². The van der Waals surface area contributed by atoms with E-state index < -0.39 is 0 Å². The van der Waals surface area contributed by atoms with E-state index in [1.165, 1.54) is 22.3 Å². The number of carbonyl (C=O) groups is 1. The Balaban J connectivity index is 1.67. The molecule has 0 spiro atoms. The first-order valence-corrected chi connectivity index (χ1v) is 8.68. The van der Waals surface area contributed by atoms with Crippen molar-refractivity contribution in [2.45, 2.75) is 25.2 Å². The Morgan fingerprint density at radius 3 is 2.71 bits per heavy atom. The minimum Gasteiger partial charge on any atom is -0.317 e. The molecule has 0 radical (unpaired) electrons. The fraction of sp³-hybridized carbons (Fsp3) is 0.294. The molecule has 1 aromatic carbocycles. The summed E-state index contributed by atoms with van der Waals surface area (Å²) in [5, 5.41) is 13.7.